The number of nitrogens with one attached hydrogen (secondary N) is 1. The highest BCUT2D eigenvalue weighted by atomic mass is 19.1. The molecule has 1 aliphatic heterocycles. The van der Waals surface area contributed by atoms with Crippen LogP contribution in [-0.2, 0) is 4.74 Å². The molecule has 150 valence electrons. The van der Waals surface area contributed by atoms with E-state index in [1.807, 2.05) is 6.07 Å². The number of oxazole rings is 1. The second-order valence-electron chi connectivity index (χ2n) is 6.48. The molecule has 0 amide bonds. The number of pyridine rings is 1. The summed E-state index contributed by atoms with van der Waals surface area (Å²) in [5.41, 5.74) is 0.0602. The molecule has 1 N–H and O–H groups in total. The predicted octanol–water partition coefficient (Wildman–Crippen LogP) is 3.80. The van der Waals surface area contributed by atoms with E-state index in [0.29, 0.717) is 18.9 Å². The van der Waals surface area contributed by atoms with Gasteiger partial charge in [0.15, 0.2) is 11.5 Å². The summed E-state index contributed by atoms with van der Waals surface area (Å²) < 4.78 is 38.9. The van der Waals surface area contributed by atoms with Crippen LogP contribution in [0.5, 0.6) is 0 Å². The Bertz CT molecular complexity index is 1010. The van der Waals surface area contributed by atoms with Crippen molar-refractivity contribution in [3.8, 4) is 11.5 Å². The lowest BCUT2D eigenvalue weighted by Crippen LogP contribution is -2.36. The number of halogens is 2. The minimum absolute atomic E-state index is 0.00363. The van der Waals surface area contributed by atoms with Gasteiger partial charge in [0.25, 0.3) is 0 Å². The zero-order chi connectivity index (χ0) is 20.4. The Morgan fingerprint density at radius 2 is 1.86 bits per heavy atom. The second kappa shape index (κ2) is 7.96. The molecule has 29 heavy (non-hydrogen) atoms. The third-order valence-electron chi connectivity index (χ3n) is 4.48. The number of ether oxygens (including phenoxy) is 1. The number of ketones is 1. The number of hydrogen-bond acceptors (Lipinski definition) is 7. The number of hydrogen-bond donors (Lipinski definition) is 1. The molecule has 1 aromatic carbocycles. The molecule has 0 aliphatic carbocycles. The van der Waals surface area contributed by atoms with Crippen LogP contribution in [0, 0.1) is 11.6 Å². The van der Waals surface area contributed by atoms with Crippen LogP contribution in [0.1, 0.15) is 17.4 Å². The van der Waals surface area contributed by atoms with Crippen molar-refractivity contribution in [1.29, 1.82) is 0 Å². The van der Waals surface area contributed by atoms with Crippen LogP contribution in [0.3, 0.4) is 0 Å². The van der Waals surface area contributed by atoms with Crippen molar-refractivity contribution in [2.45, 2.75) is 6.92 Å². The molecule has 4 rings (SSSR count). The van der Waals surface area contributed by atoms with Crippen LogP contribution >= 0.6 is 0 Å². The van der Waals surface area contributed by atoms with Gasteiger partial charge in [-0.3, -0.25) is 4.79 Å². The second-order valence-corrected chi connectivity index (χ2v) is 6.48. The fourth-order valence-corrected chi connectivity index (χ4v) is 3.02. The summed E-state index contributed by atoms with van der Waals surface area (Å²) >= 11 is 0. The molecule has 0 spiro atoms. The van der Waals surface area contributed by atoms with Gasteiger partial charge in [0.1, 0.15) is 23.0 Å². The number of morpholine rings is 1. The van der Waals surface area contributed by atoms with Crippen LogP contribution in [0.25, 0.3) is 11.5 Å². The first-order chi connectivity index (χ1) is 14.0. The first-order valence-corrected chi connectivity index (χ1v) is 9.05. The predicted molar refractivity (Wildman–Crippen MR) is 102 cm³/mol. The molecule has 7 nitrogen and oxygen atoms in total. The Balaban J connectivity index is 1.61. The van der Waals surface area contributed by atoms with Gasteiger partial charge in [0.05, 0.1) is 25.1 Å². The van der Waals surface area contributed by atoms with Crippen LogP contribution in [0.2, 0.25) is 0 Å². The molecule has 1 saturated heterocycles. The molecule has 0 saturated carbocycles. The molecule has 0 radical (unpaired) electrons. The number of benzene rings is 1. The minimum atomic E-state index is -0.829. The van der Waals surface area contributed by atoms with Crippen molar-refractivity contribution >= 4 is 23.2 Å². The van der Waals surface area contributed by atoms with Crippen molar-refractivity contribution < 1.29 is 22.7 Å². The highest BCUT2D eigenvalue weighted by Gasteiger charge is 2.23. The van der Waals surface area contributed by atoms with Gasteiger partial charge in [-0.1, -0.05) is 6.07 Å². The average Bonchev–Trinajstić information content (AvgIpc) is 3.13. The van der Waals surface area contributed by atoms with E-state index in [4.69, 9.17) is 9.15 Å². The SMILES string of the molecule is CC(=O)c1nc(-c2c(F)cccc2F)oc1Nc1ccc(N2CCOCC2)nc1. The maximum atomic E-state index is 14.1. The summed E-state index contributed by atoms with van der Waals surface area (Å²) in [6.07, 6.45) is 1.58. The Morgan fingerprint density at radius 3 is 2.48 bits per heavy atom. The van der Waals surface area contributed by atoms with Gasteiger partial charge in [0, 0.05) is 20.0 Å². The Kier molecular flexibility index (Phi) is 5.22. The molecule has 1 aliphatic rings. The molecule has 0 unspecified atom stereocenters. The number of aromatic nitrogens is 2. The largest absolute Gasteiger partial charge is 0.419 e. The standard InChI is InChI=1S/C20H18F2N4O3/c1-12(27)18-20(29-19(25-18)17-14(21)3-2-4-15(17)22)24-13-5-6-16(23-11-13)26-7-9-28-10-8-26/h2-6,11,24H,7-10H2,1H3. The van der Waals surface area contributed by atoms with Crippen LogP contribution in [0.15, 0.2) is 40.9 Å². The van der Waals surface area contributed by atoms with Gasteiger partial charge < -0.3 is 19.4 Å². The number of anilines is 3. The van der Waals surface area contributed by atoms with Gasteiger partial charge in [-0.05, 0) is 24.3 Å². The quantitative estimate of drug-likeness (QED) is 0.653. The Morgan fingerprint density at radius 1 is 1.14 bits per heavy atom. The van der Waals surface area contributed by atoms with E-state index >= 15 is 0 Å². The van der Waals surface area contributed by atoms with E-state index in [9.17, 15) is 13.6 Å². The summed E-state index contributed by atoms with van der Waals surface area (Å²) in [5.74, 6) is -1.58. The lowest BCUT2D eigenvalue weighted by molar-refractivity contribution is 0.101. The van der Waals surface area contributed by atoms with Gasteiger partial charge >= 0.3 is 0 Å². The van der Waals surface area contributed by atoms with E-state index < -0.39 is 23.0 Å². The monoisotopic (exact) mass is 400 g/mol. The van der Waals surface area contributed by atoms with Gasteiger partial charge in [-0.15, -0.1) is 0 Å². The Labute approximate surface area is 165 Å². The zero-order valence-electron chi connectivity index (χ0n) is 15.6. The highest BCUT2D eigenvalue weighted by Crippen LogP contribution is 2.31. The molecule has 0 bridgehead atoms. The summed E-state index contributed by atoms with van der Waals surface area (Å²) in [4.78, 5) is 22.4. The summed E-state index contributed by atoms with van der Waals surface area (Å²) in [7, 11) is 0. The van der Waals surface area contributed by atoms with Crippen molar-refractivity contribution in [1.82, 2.24) is 9.97 Å². The highest BCUT2D eigenvalue weighted by molar-refractivity contribution is 5.97. The number of carbonyl (C=O) groups is 1. The molecular weight excluding hydrogens is 382 g/mol. The number of rotatable bonds is 5. The summed E-state index contributed by atoms with van der Waals surface area (Å²) in [5, 5.41) is 2.91. The number of carbonyl (C=O) groups excluding carboxylic acids is 1. The van der Waals surface area contributed by atoms with Crippen molar-refractivity contribution in [2.75, 3.05) is 36.5 Å². The first kappa shape index (κ1) is 19.0. The molecule has 3 aromatic rings. The first-order valence-electron chi connectivity index (χ1n) is 9.05. The van der Waals surface area contributed by atoms with Gasteiger partial charge in [-0.2, -0.15) is 0 Å². The van der Waals surface area contributed by atoms with Crippen molar-refractivity contribution in [3.63, 3.8) is 0 Å². The smallest absolute Gasteiger partial charge is 0.235 e. The third kappa shape index (κ3) is 3.95. The van der Waals surface area contributed by atoms with Crippen molar-refractivity contribution in [3.05, 3.63) is 53.9 Å². The van der Waals surface area contributed by atoms with E-state index in [0.717, 1.165) is 31.0 Å². The van der Waals surface area contributed by atoms with Crippen LogP contribution < -0.4 is 10.2 Å². The maximum Gasteiger partial charge on any atom is 0.235 e. The fourth-order valence-electron chi connectivity index (χ4n) is 3.02. The minimum Gasteiger partial charge on any atom is -0.419 e. The molecule has 2 aromatic heterocycles. The summed E-state index contributed by atoms with van der Waals surface area (Å²) in [6.45, 7) is 4.11. The number of Topliss-reactive ketones (excluding diaryl/α,β-unsaturated/α-hetero) is 1. The molecular formula is C20H18F2N4O3. The van der Waals surface area contributed by atoms with Gasteiger partial charge in [0.2, 0.25) is 11.8 Å². The van der Waals surface area contributed by atoms with Crippen LogP contribution in [-0.4, -0.2) is 42.1 Å². The fraction of sp³-hybridized carbons (Fsp3) is 0.250. The summed E-state index contributed by atoms with van der Waals surface area (Å²) in [6, 6.07) is 7.03. The lowest BCUT2D eigenvalue weighted by Gasteiger charge is -2.27. The maximum absolute atomic E-state index is 14.1. The van der Waals surface area contributed by atoms with Crippen LogP contribution in [0.4, 0.5) is 26.2 Å². The lowest BCUT2D eigenvalue weighted by atomic mass is 10.2. The molecule has 3 heterocycles. The van der Waals surface area contributed by atoms with Crippen molar-refractivity contribution in [2.24, 2.45) is 0 Å². The number of nitrogens with zero attached hydrogens (tertiary/aromatic N) is 3. The molecule has 0 atom stereocenters. The third-order valence-corrected chi connectivity index (χ3v) is 4.48. The van der Waals surface area contributed by atoms with E-state index in [2.05, 4.69) is 20.2 Å². The zero-order valence-corrected chi connectivity index (χ0v) is 15.6. The van der Waals surface area contributed by atoms with E-state index in [-0.39, 0.29) is 17.5 Å². The normalized spacial score (nSPS) is 14.1. The molecule has 1 fully saturated rings. The van der Waals surface area contributed by atoms with E-state index in [1.54, 1.807) is 12.3 Å². The molecule has 9 heteroatoms. The van der Waals surface area contributed by atoms with E-state index in [1.165, 1.54) is 13.0 Å². The Hall–Kier alpha value is -3.33. The topological polar surface area (TPSA) is 80.5 Å². The average molecular weight is 400 g/mol. The van der Waals surface area contributed by atoms with Gasteiger partial charge in [-0.25, -0.2) is 18.7 Å².